The van der Waals surface area contributed by atoms with E-state index in [1.807, 2.05) is 31.2 Å². The third kappa shape index (κ3) is 4.23. The number of aliphatic hydroxyl groups is 1. The number of aliphatic hydroxyl groups excluding tert-OH is 1. The Labute approximate surface area is 142 Å². The molecule has 2 heterocycles. The molecule has 1 aromatic carbocycles. The minimum atomic E-state index is -0.492. The molecule has 5 nitrogen and oxygen atoms in total. The van der Waals surface area contributed by atoms with Crippen molar-refractivity contribution in [2.24, 2.45) is 5.92 Å². The molecule has 2 aromatic rings. The van der Waals surface area contributed by atoms with Crippen LogP contribution < -0.4 is 0 Å². The third-order valence-electron chi connectivity index (χ3n) is 4.60. The van der Waals surface area contributed by atoms with Crippen molar-refractivity contribution >= 4 is 5.91 Å². The molecule has 128 valence electrons. The number of aromatic nitrogens is 1. The second-order valence-electron chi connectivity index (χ2n) is 6.60. The average molecular weight is 328 g/mol. The Bertz CT molecular complexity index is 668. The van der Waals surface area contributed by atoms with Crippen LogP contribution in [0.2, 0.25) is 0 Å². The first-order valence-electron chi connectivity index (χ1n) is 8.54. The molecule has 0 unspecified atom stereocenters. The summed E-state index contributed by atoms with van der Waals surface area (Å²) in [5, 5.41) is 14.1. The molecule has 0 aliphatic carbocycles. The summed E-state index contributed by atoms with van der Waals surface area (Å²) in [6.45, 7) is 2.88. The van der Waals surface area contributed by atoms with Crippen molar-refractivity contribution in [2.45, 2.75) is 38.7 Å². The molecule has 1 N–H and O–H groups in total. The lowest BCUT2D eigenvalue weighted by Gasteiger charge is -2.15. The van der Waals surface area contributed by atoms with Crippen LogP contribution in [0.5, 0.6) is 0 Å². The highest BCUT2D eigenvalue weighted by Crippen LogP contribution is 2.23. The van der Waals surface area contributed by atoms with E-state index in [4.69, 9.17) is 4.52 Å². The highest BCUT2D eigenvalue weighted by molar-refractivity contribution is 5.76. The van der Waals surface area contributed by atoms with Gasteiger partial charge in [-0.25, -0.2) is 0 Å². The monoisotopic (exact) mass is 328 g/mol. The lowest BCUT2D eigenvalue weighted by Crippen LogP contribution is -2.29. The summed E-state index contributed by atoms with van der Waals surface area (Å²) in [6.07, 6.45) is 2.39. The number of rotatable bonds is 6. The highest BCUT2D eigenvalue weighted by atomic mass is 16.5. The standard InChI is InChI=1S/C19H24N2O3/c1-14-10-17(24-20-14)11-16-12-21(13-18(16)22)19(23)9-5-8-15-6-3-2-4-7-15/h2-4,6-7,10,16,18,22H,5,8-9,11-13H2,1H3/t16-,18+/m1/s1. The van der Waals surface area contributed by atoms with Gasteiger partial charge in [0.05, 0.1) is 11.8 Å². The quantitative estimate of drug-likeness (QED) is 0.884. The number of carbonyl (C=O) groups excluding carboxylic acids is 1. The van der Waals surface area contributed by atoms with Crippen LogP contribution in [0.3, 0.4) is 0 Å². The van der Waals surface area contributed by atoms with Gasteiger partial charge in [0.1, 0.15) is 5.76 Å². The van der Waals surface area contributed by atoms with E-state index in [0.717, 1.165) is 24.3 Å². The maximum absolute atomic E-state index is 12.4. The smallest absolute Gasteiger partial charge is 0.222 e. The van der Waals surface area contributed by atoms with Crippen LogP contribution in [0.15, 0.2) is 40.9 Å². The SMILES string of the molecule is Cc1cc(C[C@@H]2CN(C(=O)CCCc3ccccc3)C[C@@H]2O)on1. The van der Waals surface area contributed by atoms with Crippen molar-refractivity contribution in [3.05, 3.63) is 53.4 Å². The second-order valence-corrected chi connectivity index (χ2v) is 6.60. The fraction of sp³-hybridized carbons (Fsp3) is 0.474. The number of aryl methyl sites for hydroxylation is 2. The Hall–Kier alpha value is -2.14. The summed E-state index contributed by atoms with van der Waals surface area (Å²) in [5.74, 6) is 0.923. The van der Waals surface area contributed by atoms with Gasteiger partial charge in [-0.2, -0.15) is 0 Å². The Morgan fingerprint density at radius 2 is 2.12 bits per heavy atom. The molecule has 1 amide bonds. The van der Waals surface area contributed by atoms with Crippen LogP contribution in [-0.4, -0.2) is 40.3 Å². The van der Waals surface area contributed by atoms with Crippen molar-refractivity contribution in [2.75, 3.05) is 13.1 Å². The molecule has 0 spiro atoms. The van der Waals surface area contributed by atoms with Crippen LogP contribution in [0.4, 0.5) is 0 Å². The molecule has 3 rings (SSSR count). The lowest BCUT2D eigenvalue weighted by molar-refractivity contribution is -0.130. The number of amides is 1. The first-order valence-corrected chi connectivity index (χ1v) is 8.54. The van der Waals surface area contributed by atoms with Crippen LogP contribution in [0, 0.1) is 12.8 Å². The molecule has 0 bridgehead atoms. The van der Waals surface area contributed by atoms with Gasteiger partial charge < -0.3 is 14.5 Å². The normalized spacial score (nSPS) is 20.5. The topological polar surface area (TPSA) is 66.6 Å². The molecule has 1 fully saturated rings. The number of hydrogen-bond acceptors (Lipinski definition) is 4. The molecule has 0 radical (unpaired) electrons. The number of carbonyl (C=O) groups is 1. The number of β-amino-alcohol motifs (C(OH)–C–C–N with tert-alkyl or cyclic N) is 1. The zero-order valence-electron chi connectivity index (χ0n) is 14.0. The van der Waals surface area contributed by atoms with Crippen molar-refractivity contribution in [3.8, 4) is 0 Å². The van der Waals surface area contributed by atoms with Crippen molar-refractivity contribution < 1.29 is 14.4 Å². The Kier molecular flexibility index (Phi) is 5.30. The lowest BCUT2D eigenvalue weighted by atomic mass is 10.0. The Balaban J connectivity index is 1.46. The van der Waals surface area contributed by atoms with E-state index in [1.54, 1.807) is 4.90 Å². The second kappa shape index (κ2) is 7.62. The predicted molar refractivity (Wildman–Crippen MR) is 90.4 cm³/mol. The van der Waals surface area contributed by atoms with Gasteiger partial charge in [0.25, 0.3) is 0 Å². The molecule has 0 saturated carbocycles. The van der Waals surface area contributed by atoms with Gasteiger partial charge in [0.2, 0.25) is 5.91 Å². The number of hydrogen-bond donors (Lipinski definition) is 1. The zero-order chi connectivity index (χ0) is 16.9. The highest BCUT2D eigenvalue weighted by Gasteiger charge is 2.34. The molecule has 5 heteroatoms. The molecular weight excluding hydrogens is 304 g/mol. The van der Waals surface area contributed by atoms with Gasteiger partial charge in [-0.3, -0.25) is 4.79 Å². The van der Waals surface area contributed by atoms with E-state index in [2.05, 4.69) is 17.3 Å². The van der Waals surface area contributed by atoms with Crippen molar-refractivity contribution in [1.29, 1.82) is 0 Å². The van der Waals surface area contributed by atoms with E-state index in [0.29, 0.717) is 25.9 Å². The molecule has 2 atom stereocenters. The molecule has 1 aliphatic rings. The maximum atomic E-state index is 12.4. The van der Waals surface area contributed by atoms with Gasteiger partial charge in [0, 0.05) is 37.9 Å². The molecule has 1 aliphatic heterocycles. The summed E-state index contributed by atoms with van der Waals surface area (Å²) in [6, 6.07) is 12.1. The van der Waals surface area contributed by atoms with E-state index >= 15 is 0 Å². The van der Waals surface area contributed by atoms with Crippen LogP contribution >= 0.6 is 0 Å². The molecule has 24 heavy (non-hydrogen) atoms. The zero-order valence-corrected chi connectivity index (χ0v) is 14.0. The van der Waals surface area contributed by atoms with Crippen molar-refractivity contribution in [3.63, 3.8) is 0 Å². The van der Waals surface area contributed by atoms with Crippen LogP contribution in [-0.2, 0) is 17.6 Å². The van der Waals surface area contributed by atoms with Gasteiger partial charge in [-0.1, -0.05) is 35.5 Å². The first-order chi connectivity index (χ1) is 11.6. The van der Waals surface area contributed by atoms with Crippen LogP contribution in [0.1, 0.15) is 29.9 Å². The summed E-state index contributed by atoms with van der Waals surface area (Å²) in [7, 11) is 0. The van der Waals surface area contributed by atoms with E-state index < -0.39 is 6.10 Å². The summed E-state index contributed by atoms with van der Waals surface area (Å²) < 4.78 is 5.22. The largest absolute Gasteiger partial charge is 0.391 e. The Morgan fingerprint density at radius 1 is 1.33 bits per heavy atom. The average Bonchev–Trinajstić information content (AvgIpc) is 3.15. The predicted octanol–water partition coefficient (Wildman–Crippen LogP) is 2.37. The van der Waals surface area contributed by atoms with E-state index in [-0.39, 0.29) is 11.8 Å². The first kappa shape index (κ1) is 16.7. The maximum Gasteiger partial charge on any atom is 0.222 e. The minimum Gasteiger partial charge on any atom is -0.391 e. The van der Waals surface area contributed by atoms with Gasteiger partial charge in [0.15, 0.2) is 0 Å². The van der Waals surface area contributed by atoms with Gasteiger partial charge in [-0.15, -0.1) is 0 Å². The molecular formula is C19H24N2O3. The number of likely N-dealkylation sites (tertiary alicyclic amines) is 1. The molecule has 1 saturated heterocycles. The van der Waals surface area contributed by atoms with E-state index in [9.17, 15) is 9.90 Å². The van der Waals surface area contributed by atoms with Gasteiger partial charge >= 0.3 is 0 Å². The number of nitrogens with zero attached hydrogens (tertiary/aromatic N) is 2. The minimum absolute atomic E-state index is 0.0235. The Morgan fingerprint density at radius 3 is 2.83 bits per heavy atom. The molecule has 1 aromatic heterocycles. The number of benzene rings is 1. The van der Waals surface area contributed by atoms with Crippen LogP contribution in [0.25, 0.3) is 0 Å². The summed E-state index contributed by atoms with van der Waals surface area (Å²) >= 11 is 0. The van der Waals surface area contributed by atoms with E-state index in [1.165, 1.54) is 5.56 Å². The fourth-order valence-corrected chi connectivity index (χ4v) is 3.28. The van der Waals surface area contributed by atoms with Crippen molar-refractivity contribution in [1.82, 2.24) is 10.1 Å². The summed E-state index contributed by atoms with van der Waals surface area (Å²) in [4.78, 5) is 14.1. The third-order valence-corrected chi connectivity index (χ3v) is 4.60. The summed E-state index contributed by atoms with van der Waals surface area (Å²) in [5.41, 5.74) is 2.09. The van der Waals surface area contributed by atoms with Gasteiger partial charge in [-0.05, 0) is 25.3 Å². The fourth-order valence-electron chi connectivity index (χ4n) is 3.28.